The van der Waals surface area contributed by atoms with Gasteiger partial charge in [0, 0.05) is 25.2 Å². The fourth-order valence-electron chi connectivity index (χ4n) is 3.33. The molecule has 1 saturated heterocycles. The smallest absolute Gasteiger partial charge is 0.267 e. The van der Waals surface area contributed by atoms with Gasteiger partial charge in [-0.1, -0.05) is 0 Å². The minimum atomic E-state index is -4.12. The second kappa shape index (κ2) is 7.47. The predicted octanol–water partition coefficient (Wildman–Crippen LogP) is 1.46. The fourth-order valence-corrected chi connectivity index (χ4v) is 6.03. The van der Waals surface area contributed by atoms with E-state index in [4.69, 9.17) is 9.47 Å². The number of amides is 1. The van der Waals surface area contributed by atoms with Crippen LogP contribution in [-0.4, -0.2) is 59.6 Å². The molecule has 1 amide bonds. The highest BCUT2D eigenvalue weighted by atomic mass is 32.2. The number of anilines is 1. The monoisotopic (exact) mass is 452 g/mol. The van der Waals surface area contributed by atoms with Gasteiger partial charge >= 0.3 is 0 Å². The number of rotatable bonds is 4. The number of ether oxygens (including phenoxy) is 2. The standard InChI is InChI=1S/C19H20N2O7S2/c1-20(30(25,26)16-7-8-17-18(13-16)28-11-10-27-17)19(22)14-3-5-15(6-4-14)21-9-2-12-29(21,23)24/h3-8,13H,2,9-12H2,1H3. The Labute approximate surface area is 174 Å². The Hall–Kier alpha value is -2.79. The molecular weight excluding hydrogens is 432 g/mol. The van der Waals surface area contributed by atoms with Gasteiger partial charge in [-0.05, 0) is 42.8 Å². The number of hydrogen-bond acceptors (Lipinski definition) is 7. The summed E-state index contributed by atoms with van der Waals surface area (Å²) in [6, 6.07) is 10.0. The molecule has 4 rings (SSSR count). The van der Waals surface area contributed by atoms with Crippen LogP contribution in [0.1, 0.15) is 16.8 Å². The number of sulfonamides is 2. The SMILES string of the molecule is CN(C(=O)c1ccc(N2CCCS2(=O)=O)cc1)S(=O)(=O)c1ccc2c(c1)OCCO2. The summed E-state index contributed by atoms with van der Waals surface area (Å²) >= 11 is 0. The van der Waals surface area contributed by atoms with Gasteiger partial charge in [0.05, 0.1) is 16.3 Å². The van der Waals surface area contributed by atoms with Crippen LogP contribution in [0, 0.1) is 0 Å². The lowest BCUT2D eigenvalue weighted by atomic mass is 10.2. The number of hydrogen-bond donors (Lipinski definition) is 0. The van der Waals surface area contributed by atoms with E-state index >= 15 is 0 Å². The summed E-state index contributed by atoms with van der Waals surface area (Å²) < 4.78 is 62.6. The molecule has 0 radical (unpaired) electrons. The Balaban J connectivity index is 1.57. The Kier molecular flexibility index (Phi) is 5.10. The van der Waals surface area contributed by atoms with E-state index in [0.29, 0.717) is 47.7 Å². The molecule has 30 heavy (non-hydrogen) atoms. The first-order valence-corrected chi connectivity index (χ1v) is 12.3. The van der Waals surface area contributed by atoms with Crippen LogP contribution >= 0.6 is 0 Å². The van der Waals surface area contributed by atoms with Crippen molar-refractivity contribution in [1.29, 1.82) is 0 Å². The van der Waals surface area contributed by atoms with Crippen molar-refractivity contribution in [2.24, 2.45) is 0 Å². The van der Waals surface area contributed by atoms with Gasteiger partial charge in [-0.15, -0.1) is 0 Å². The average Bonchev–Trinajstić information content (AvgIpc) is 3.11. The van der Waals surface area contributed by atoms with Gasteiger partial charge in [0.25, 0.3) is 15.9 Å². The Morgan fingerprint density at radius 2 is 1.70 bits per heavy atom. The quantitative estimate of drug-likeness (QED) is 0.691. The zero-order valence-corrected chi connectivity index (χ0v) is 17.8. The molecular formula is C19H20N2O7S2. The van der Waals surface area contributed by atoms with Crippen LogP contribution in [0.4, 0.5) is 5.69 Å². The third kappa shape index (κ3) is 3.58. The number of carbonyl (C=O) groups excluding carboxylic acids is 1. The summed E-state index contributed by atoms with van der Waals surface area (Å²) in [5.74, 6) is 0.103. The number of fused-ring (bicyclic) bond motifs is 1. The van der Waals surface area contributed by atoms with Gasteiger partial charge in [-0.2, -0.15) is 0 Å². The molecule has 2 aliphatic rings. The van der Waals surface area contributed by atoms with Crippen molar-refractivity contribution in [1.82, 2.24) is 4.31 Å². The molecule has 160 valence electrons. The van der Waals surface area contributed by atoms with Crippen LogP contribution in [0.2, 0.25) is 0 Å². The molecule has 0 unspecified atom stereocenters. The zero-order valence-electron chi connectivity index (χ0n) is 16.1. The highest BCUT2D eigenvalue weighted by Crippen LogP contribution is 2.33. The summed E-state index contributed by atoms with van der Waals surface area (Å²) in [5, 5.41) is 0. The minimum Gasteiger partial charge on any atom is -0.486 e. The Morgan fingerprint density at radius 3 is 2.33 bits per heavy atom. The van der Waals surface area contributed by atoms with Crippen LogP contribution in [0.5, 0.6) is 11.5 Å². The molecule has 2 heterocycles. The Morgan fingerprint density at radius 1 is 1.03 bits per heavy atom. The fraction of sp³-hybridized carbons (Fsp3) is 0.316. The molecule has 0 aliphatic carbocycles. The normalized spacial score (nSPS) is 17.6. The third-order valence-corrected chi connectivity index (χ3v) is 8.57. The molecule has 0 spiro atoms. The van der Waals surface area contributed by atoms with Gasteiger partial charge in [0.1, 0.15) is 13.2 Å². The molecule has 11 heteroatoms. The van der Waals surface area contributed by atoms with Crippen LogP contribution < -0.4 is 13.8 Å². The van der Waals surface area contributed by atoms with Gasteiger partial charge in [0.15, 0.2) is 11.5 Å². The van der Waals surface area contributed by atoms with E-state index in [9.17, 15) is 21.6 Å². The van der Waals surface area contributed by atoms with Crippen molar-refractivity contribution in [3.8, 4) is 11.5 Å². The summed E-state index contributed by atoms with van der Waals surface area (Å²) in [6.07, 6.45) is 0.541. The van der Waals surface area contributed by atoms with Gasteiger partial charge in [-0.3, -0.25) is 9.10 Å². The molecule has 2 aromatic carbocycles. The van der Waals surface area contributed by atoms with E-state index in [-0.39, 0.29) is 16.2 Å². The number of carbonyl (C=O) groups is 1. The van der Waals surface area contributed by atoms with Crippen molar-refractivity contribution in [3.63, 3.8) is 0 Å². The lowest BCUT2D eigenvalue weighted by Crippen LogP contribution is -2.33. The topological polar surface area (TPSA) is 110 Å². The number of nitrogens with zero attached hydrogens (tertiary/aromatic N) is 2. The highest BCUT2D eigenvalue weighted by Gasteiger charge is 2.30. The second-order valence-electron chi connectivity index (χ2n) is 6.87. The predicted molar refractivity (Wildman–Crippen MR) is 109 cm³/mol. The average molecular weight is 453 g/mol. The van der Waals surface area contributed by atoms with Crippen LogP contribution in [0.15, 0.2) is 47.4 Å². The molecule has 0 atom stereocenters. The minimum absolute atomic E-state index is 0.0875. The summed E-state index contributed by atoms with van der Waals surface area (Å²) in [5.41, 5.74) is 0.570. The van der Waals surface area contributed by atoms with Gasteiger partial charge in [-0.25, -0.2) is 21.1 Å². The van der Waals surface area contributed by atoms with Crippen molar-refractivity contribution in [3.05, 3.63) is 48.0 Å². The summed E-state index contributed by atoms with van der Waals surface area (Å²) in [4.78, 5) is 12.7. The molecule has 9 nitrogen and oxygen atoms in total. The van der Waals surface area contributed by atoms with Crippen LogP contribution in [-0.2, 0) is 20.0 Å². The van der Waals surface area contributed by atoms with E-state index in [1.165, 1.54) is 53.8 Å². The molecule has 2 aliphatic heterocycles. The van der Waals surface area contributed by atoms with E-state index in [0.717, 1.165) is 0 Å². The van der Waals surface area contributed by atoms with Crippen molar-refractivity contribution in [2.45, 2.75) is 11.3 Å². The maximum Gasteiger partial charge on any atom is 0.267 e. The maximum absolute atomic E-state index is 12.9. The first-order chi connectivity index (χ1) is 14.2. The van der Waals surface area contributed by atoms with Gasteiger partial charge < -0.3 is 9.47 Å². The lowest BCUT2D eigenvalue weighted by Gasteiger charge is -2.21. The second-order valence-corrected chi connectivity index (χ2v) is 10.9. The van der Waals surface area contributed by atoms with Crippen molar-refractivity contribution < 1.29 is 31.1 Å². The molecule has 0 aromatic heterocycles. The summed E-state index contributed by atoms with van der Waals surface area (Å²) in [7, 11) is -6.28. The first kappa shape index (κ1) is 20.5. The molecule has 0 saturated carbocycles. The van der Waals surface area contributed by atoms with E-state index < -0.39 is 26.0 Å². The molecule has 2 aromatic rings. The highest BCUT2D eigenvalue weighted by molar-refractivity contribution is 7.93. The summed E-state index contributed by atoms with van der Waals surface area (Å²) in [6.45, 7) is 1.07. The van der Waals surface area contributed by atoms with Gasteiger partial charge in [0.2, 0.25) is 10.0 Å². The van der Waals surface area contributed by atoms with E-state index in [1.807, 2.05) is 0 Å². The molecule has 1 fully saturated rings. The largest absolute Gasteiger partial charge is 0.486 e. The first-order valence-electron chi connectivity index (χ1n) is 9.23. The van der Waals surface area contributed by atoms with E-state index in [2.05, 4.69) is 0 Å². The number of benzene rings is 2. The molecule has 0 bridgehead atoms. The zero-order chi connectivity index (χ0) is 21.5. The van der Waals surface area contributed by atoms with E-state index in [1.54, 1.807) is 0 Å². The van der Waals surface area contributed by atoms with Crippen molar-refractivity contribution in [2.75, 3.05) is 36.9 Å². The van der Waals surface area contributed by atoms with Crippen molar-refractivity contribution >= 4 is 31.6 Å². The third-order valence-electron chi connectivity index (χ3n) is 4.96. The molecule has 0 N–H and O–H groups in total. The lowest BCUT2D eigenvalue weighted by molar-refractivity contribution is 0.0883. The Bertz CT molecular complexity index is 1190. The maximum atomic E-state index is 12.9. The van der Waals surface area contributed by atoms with Crippen LogP contribution in [0.3, 0.4) is 0 Å². The van der Waals surface area contributed by atoms with Crippen LogP contribution in [0.25, 0.3) is 0 Å².